The molecule has 0 saturated heterocycles. The summed E-state index contributed by atoms with van der Waals surface area (Å²) in [4.78, 5) is 14.4. The van der Waals surface area contributed by atoms with Crippen molar-refractivity contribution in [1.82, 2.24) is 19.7 Å². The van der Waals surface area contributed by atoms with E-state index in [9.17, 15) is 4.79 Å². The van der Waals surface area contributed by atoms with Gasteiger partial charge in [-0.25, -0.2) is 0 Å². The minimum atomic E-state index is 0.0419. The Labute approximate surface area is 181 Å². The fourth-order valence-electron chi connectivity index (χ4n) is 3.14. The number of carbonyl (C=O) groups is 1. The fourth-order valence-corrected chi connectivity index (χ4v) is 3.36. The summed E-state index contributed by atoms with van der Waals surface area (Å²) in [5, 5.41) is 7.19. The molecule has 2 aromatic carbocycles. The van der Waals surface area contributed by atoms with Gasteiger partial charge in [-0.05, 0) is 42.9 Å². The lowest BCUT2D eigenvalue weighted by Gasteiger charge is -2.18. The molecule has 3 rings (SSSR count). The van der Waals surface area contributed by atoms with Crippen molar-refractivity contribution in [1.29, 1.82) is 0 Å². The number of hydrogen-bond acceptors (Lipinski definition) is 4. The number of hydrogen-bond donors (Lipinski definition) is 1. The standard InChI is InChI=1S/C23H26N4O2S/c1-4-14-29-20-10-8-18(9-11-20)16-26(3)21(28)12-13-27-22(24-25-23(27)30)19-7-5-6-17(2)15-19/h4-11,15H,1,12-14,16H2,2-3H3,(H,25,30). The van der Waals surface area contributed by atoms with Crippen LogP contribution in [0.25, 0.3) is 11.4 Å². The van der Waals surface area contributed by atoms with Gasteiger partial charge in [0.25, 0.3) is 0 Å². The van der Waals surface area contributed by atoms with Gasteiger partial charge in [-0.1, -0.05) is 48.6 Å². The van der Waals surface area contributed by atoms with Crippen LogP contribution < -0.4 is 4.74 Å². The normalized spacial score (nSPS) is 10.6. The molecule has 1 heterocycles. The second kappa shape index (κ2) is 10.0. The maximum Gasteiger partial charge on any atom is 0.224 e. The number of aromatic amines is 1. The van der Waals surface area contributed by atoms with Gasteiger partial charge in [0.2, 0.25) is 5.91 Å². The van der Waals surface area contributed by atoms with Crippen molar-refractivity contribution < 1.29 is 9.53 Å². The minimum absolute atomic E-state index is 0.0419. The second-order valence-corrected chi connectivity index (χ2v) is 7.50. The number of rotatable bonds is 9. The quantitative estimate of drug-likeness (QED) is 0.406. The highest BCUT2D eigenvalue weighted by Gasteiger charge is 2.13. The zero-order valence-corrected chi connectivity index (χ0v) is 18.1. The van der Waals surface area contributed by atoms with Gasteiger partial charge in [0, 0.05) is 32.1 Å². The van der Waals surface area contributed by atoms with Gasteiger partial charge < -0.3 is 9.64 Å². The highest BCUT2D eigenvalue weighted by molar-refractivity contribution is 7.71. The van der Waals surface area contributed by atoms with Crippen LogP contribution in [0.1, 0.15) is 17.5 Å². The predicted octanol–water partition coefficient (Wildman–Crippen LogP) is 4.53. The molecule has 1 amide bonds. The molecule has 30 heavy (non-hydrogen) atoms. The molecule has 0 bridgehead atoms. The van der Waals surface area contributed by atoms with Crippen molar-refractivity contribution >= 4 is 18.1 Å². The summed E-state index contributed by atoms with van der Waals surface area (Å²) in [7, 11) is 1.81. The number of nitrogens with one attached hydrogen (secondary N) is 1. The molecule has 6 nitrogen and oxygen atoms in total. The Hall–Kier alpha value is -3.19. The van der Waals surface area contributed by atoms with Gasteiger partial charge in [0.05, 0.1) is 0 Å². The second-order valence-electron chi connectivity index (χ2n) is 7.12. The van der Waals surface area contributed by atoms with Crippen LogP contribution in [0.15, 0.2) is 61.2 Å². The van der Waals surface area contributed by atoms with Crippen LogP contribution >= 0.6 is 12.2 Å². The van der Waals surface area contributed by atoms with E-state index >= 15 is 0 Å². The smallest absolute Gasteiger partial charge is 0.224 e. The molecule has 0 radical (unpaired) electrons. The molecule has 0 saturated carbocycles. The first-order chi connectivity index (χ1) is 14.5. The molecule has 156 valence electrons. The molecular formula is C23H26N4O2S. The predicted molar refractivity (Wildman–Crippen MR) is 121 cm³/mol. The molecule has 0 aliphatic heterocycles. The molecule has 3 aromatic rings. The van der Waals surface area contributed by atoms with Crippen LogP contribution in [0.2, 0.25) is 0 Å². The molecule has 7 heteroatoms. The number of aryl methyl sites for hydroxylation is 1. The molecule has 0 unspecified atom stereocenters. The van der Waals surface area contributed by atoms with Gasteiger partial charge in [-0.3, -0.25) is 14.5 Å². The summed E-state index contributed by atoms with van der Waals surface area (Å²) in [6, 6.07) is 15.8. The lowest BCUT2D eigenvalue weighted by atomic mass is 10.1. The highest BCUT2D eigenvalue weighted by Crippen LogP contribution is 2.19. The Morgan fingerprint density at radius 2 is 2.07 bits per heavy atom. The van der Waals surface area contributed by atoms with Crippen LogP contribution in [-0.4, -0.2) is 39.2 Å². The van der Waals surface area contributed by atoms with Gasteiger partial charge in [0.1, 0.15) is 12.4 Å². The number of nitrogens with zero attached hydrogens (tertiary/aromatic N) is 3. The highest BCUT2D eigenvalue weighted by atomic mass is 32.1. The van der Waals surface area contributed by atoms with E-state index in [-0.39, 0.29) is 5.91 Å². The summed E-state index contributed by atoms with van der Waals surface area (Å²) in [6.45, 7) is 7.14. The number of H-pyrrole nitrogens is 1. The summed E-state index contributed by atoms with van der Waals surface area (Å²) in [5.74, 6) is 1.57. The van der Waals surface area contributed by atoms with Crippen molar-refractivity contribution in [2.45, 2.75) is 26.4 Å². The van der Waals surface area contributed by atoms with Crippen molar-refractivity contribution in [3.8, 4) is 17.1 Å². The first-order valence-corrected chi connectivity index (χ1v) is 10.2. The van der Waals surface area contributed by atoms with E-state index in [1.807, 2.05) is 54.0 Å². The first kappa shape index (κ1) is 21.5. The number of aromatic nitrogens is 3. The van der Waals surface area contributed by atoms with Gasteiger partial charge in [-0.2, -0.15) is 5.10 Å². The number of benzene rings is 2. The Balaban J connectivity index is 1.61. The monoisotopic (exact) mass is 422 g/mol. The van der Waals surface area contributed by atoms with Crippen LogP contribution in [0.4, 0.5) is 0 Å². The molecule has 1 N–H and O–H groups in total. The SMILES string of the molecule is C=CCOc1ccc(CN(C)C(=O)CCn2c(-c3cccc(C)c3)n[nH]c2=S)cc1. The summed E-state index contributed by atoms with van der Waals surface area (Å²) in [6.07, 6.45) is 2.04. The van der Waals surface area contributed by atoms with E-state index in [2.05, 4.69) is 22.8 Å². The molecule has 0 atom stereocenters. The maximum absolute atomic E-state index is 12.7. The van der Waals surface area contributed by atoms with Gasteiger partial charge in [-0.15, -0.1) is 0 Å². The largest absolute Gasteiger partial charge is 0.490 e. The number of amides is 1. The third-order valence-electron chi connectivity index (χ3n) is 4.72. The fraction of sp³-hybridized carbons (Fsp3) is 0.261. The summed E-state index contributed by atoms with van der Waals surface area (Å²) >= 11 is 5.37. The Kier molecular flexibility index (Phi) is 7.19. The van der Waals surface area contributed by atoms with E-state index in [4.69, 9.17) is 17.0 Å². The Morgan fingerprint density at radius 1 is 1.30 bits per heavy atom. The molecule has 0 aliphatic rings. The Bertz CT molecular complexity index is 1070. The van der Waals surface area contributed by atoms with E-state index in [0.29, 0.717) is 30.9 Å². The summed E-state index contributed by atoms with van der Waals surface area (Å²) in [5.41, 5.74) is 3.16. The zero-order chi connectivity index (χ0) is 21.5. The molecule has 0 aliphatic carbocycles. The lowest BCUT2D eigenvalue weighted by Crippen LogP contribution is -2.27. The van der Waals surface area contributed by atoms with Crippen molar-refractivity contribution in [3.05, 3.63) is 77.1 Å². The van der Waals surface area contributed by atoms with Crippen molar-refractivity contribution in [2.24, 2.45) is 0 Å². The van der Waals surface area contributed by atoms with E-state index in [1.54, 1.807) is 18.0 Å². The average molecular weight is 423 g/mol. The summed E-state index contributed by atoms with van der Waals surface area (Å²) < 4.78 is 7.88. The van der Waals surface area contributed by atoms with E-state index < -0.39 is 0 Å². The number of carbonyl (C=O) groups excluding carboxylic acids is 1. The van der Waals surface area contributed by atoms with Crippen LogP contribution in [-0.2, 0) is 17.9 Å². The van der Waals surface area contributed by atoms with E-state index in [0.717, 1.165) is 28.3 Å². The topological polar surface area (TPSA) is 63.1 Å². The third-order valence-corrected chi connectivity index (χ3v) is 5.03. The minimum Gasteiger partial charge on any atom is -0.490 e. The molecule has 1 aromatic heterocycles. The first-order valence-electron chi connectivity index (χ1n) is 9.77. The molecule has 0 fully saturated rings. The maximum atomic E-state index is 12.7. The Morgan fingerprint density at radius 3 is 2.77 bits per heavy atom. The van der Waals surface area contributed by atoms with Gasteiger partial charge in [0.15, 0.2) is 10.6 Å². The van der Waals surface area contributed by atoms with Crippen LogP contribution in [0.5, 0.6) is 5.75 Å². The van der Waals surface area contributed by atoms with Crippen LogP contribution in [0, 0.1) is 11.7 Å². The number of ether oxygens (including phenoxy) is 1. The van der Waals surface area contributed by atoms with Crippen molar-refractivity contribution in [3.63, 3.8) is 0 Å². The molecular weight excluding hydrogens is 396 g/mol. The molecule has 0 spiro atoms. The van der Waals surface area contributed by atoms with E-state index in [1.165, 1.54) is 0 Å². The lowest BCUT2D eigenvalue weighted by molar-refractivity contribution is -0.130. The van der Waals surface area contributed by atoms with Gasteiger partial charge >= 0.3 is 0 Å². The third kappa shape index (κ3) is 5.45. The van der Waals surface area contributed by atoms with Crippen LogP contribution in [0.3, 0.4) is 0 Å². The average Bonchev–Trinajstić information content (AvgIpc) is 3.11. The van der Waals surface area contributed by atoms with Crippen molar-refractivity contribution in [2.75, 3.05) is 13.7 Å². The zero-order valence-electron chi connectivity index (χ0n) is 17.3.